The van der Waals surface area contributed by atoms with Crippen LogP contribution < -0.4 is 4.72 Å². The molecule has 0 bridgehead atoms. The van der Waals surface area contributed by atoms with E-state index in [1.807, 2.05) is 0 Å². The molecule has 1 heterocycles. The SMILES string of the molecule is O=S(=O)(Nc1c(F)c(F)c(F)c(F)c1F)c1cccs1. The summed E-state index contributed by atoms with van der Waals surface area (Å²) < 4.78 is 89.7. The highest BCUT2D eigenvalue weighted by Gasteiger charge is 2.29. The molecule has 0 saturated carbocycles. The first-order valence-corrected chi connectivity index (χ1v) is 7.19. The van der Waals surface area contributed by atoms with Crippen LogP contribution in [0.1, 0.15) is 0 Å². The number of thiophene rings is 1. The van der Waals surface area contributed by atoms with Gasteiger partial charge in [0.15, 0.2) is 23.3 Å². The minimum atomic E-state index is -4.43. The van der Waals surface area contributed by atoms with Crippen LogP contribution in [-0.2, 0) is 10.0 Å². The van der Waals surface area contributed by atoms with Crippen LogP contribution in [-0.4, -0.2) is 8.42 Å². The standard InChI is InChI=1S/C10H4F5NO2S2/c11-5-6(12)8(14)10(9(15)7(5)13)16-20(17,18)4-2-1-3-19-4/h1-3,16H. The van der Waals surface area contributed by atoms with Gasteiger partial charge in [-0.25, -0.2) is 30.4 Å². The number of hydrogen-bond donors (Lipinski definition) is 1. The fourth-order valence-electron chi connectivity index (χ4n) is 1.30. The van der Waals surface area contributed by atoms with Gasteiger partial charge in [-0.05, 0) is 11.4 Å². The second-order valence-corrected chi connectivity index (χ2v) is 6.34. The monoisotopic (exact) mass is 329 g/mol. The molecule has 0 atom stereocenters. The molecular formula is C10H4F5NO2S2. The van der Waals surface area contributed by atoms with Gasteiger partial charge in [0.1, 0.15) is 9.90 Å². The molecule has 108 valence electrons. The molecule has 1 N–H and O–H groups in total. The van der Waals surface area contributed by atoms with Gasteiger partial charge in [0.05, 0.1) is 0 Å². The van der Waals surface area contributed by atoms with Crippen molar-refractivity contribution in [1.29, 1.82) is 0 Å². The minimum Gasteiger partial charge on any atom is -0.273 e. The van der Waals surface area contributed by atoms with E-state index in [9.17, 15) is 30.4 Å². The van der Waals surface area contributed by atoms with E-state index in [0.29, 0.717) is 11.3 Å². The molecule has 3 nitrogen and oxygen atoms in total. The van der Waals surface area contributed by atoms with Gasteiger partial charge >= 0.3 is 0 Å². The van der Waals surface area contributed by atoms with E-state index >= 15 is 0 Å². The lowest BCUT2D eigenvalue weighted by molar-refractivity contribution is 0.382. The number of nitrogens with one attached hydrogen (secondary N) is 1. The lowest BCUT2D eigenvalue weighted by Gasteiger charge is -2.10. The van der Waals surface area contributed by atoms with Crippen molar-refractivity contribution in [3.8, 4) is 0 Å². The molecule has 0 radical (unpaired) electrons. The third kappa shape index (κ3) is 2.36. The summed E-state index contributed by atoms with van der Waals surface area (Å²) in [6.07, 6.45) is 0. The lowest BCUT2D eigenvalue weighted by Crippen LogP contribution is -2.16. The quantitative estimate of drug-likeness (QED) is 0.534. The van der Waals surface area contributed by atoms with Crippen LogP contribution in [0.3, 0.4) is 0 Å². The van der Waals surface area contributed by atoms with Gasteiger partial charge in [-0.1, -0.05) is 6.07 Å². The summed E-state index contributed by atoms with van der Waals surface area (Å²) >= 11 is 0.715. The number of hydrogen-bond acceptors (Lipinski definition) is 3. The summed E-state index contributed by atoms with van der Waals surface area (Å²) in [4.78, 5) is 0. The van der Waals surface area contributed by atoms with Crippen molar-refractivity contribution in [3.05, 3.63) is 46.6 Å². The lowest BCUT2D eigenvalue weighted by atomic mass is 10.2. The third-order valence-electron chi connectivity index (χ3n) is 2.21. The van der Waals surface area contributed by atoms with Crippen LogP contribution in [0.2, 0.25) is 0 Å². The molecule has 0 spiro atoms. The molecule has 0 aliphatic heterocycles. The smallest absolute Gasteiger partial charge is 0.271 e. The van der Waals surface area contributed by atoms with Gasteiger partial charge < -0.3 is 0 Å². The van der Waals surface area contributed by atoms with Crippen LogP contribution in [0.5, 0.6) is 0 Å². The summed E-state index contributed by atoms with van der Waals surface area (Å²) in [5.41, 5.74) is -1.62. The molecule has 0 aliphatic rings. The van der Waals surface area contributed by atoms with E-state index in [4.69, 9.17) is 0 Å². The summed E-state index contributed by atoms with van der Waals surface area (Å²) in [5.74, 6) is -11.3. The van der Waals surface area contributed by atoms with Crippen LogP contribution in [0.25, 0.3) is 0 Å². The van der Waals surface area contributed by atoms with Gasteiger partial charge in [-0.15, -0.1) is 11.3 Å². The normalized spacial score (nSPS) is 11.7. The van der Waals surface area contributed by atoms with E-state index in [1.54, 1.807) is 0 Å². The summed E-state index contributed by atoms with van der Waals surface area (Å²) in [6, 6.07) is 2.46. The van der Waals surface area contributed by atoms with Gasteiger partial charge in [-0.2, -0.15) is 0 Å². The summed E-state index contributed by atoms with van der Waals surface area (Å²) in [7, 11) is -4.43. The molecule has 1 aromatic carbocycles. The number of anilines is 1. The molecule has 0 fully saturated rings. The Kier molecular flexibility index (Phi) is 3.69. The van der Waals surface area contributed by atoms with Crippen LogP contribution >= 0.6 is 11.3 Å². The Morgan fingerprint density at radius 3 is 1.85 bits per heavy atom. The maximum atomic E-state index is 13.3. The van der Waals surface area contributed by atoms with Crippen molar-refractivity contribution < 1.29 is 30.4 Å². The van der Waals surface area contributed by atoms with E-state index < -0.39 is 44.8 Å². The molecule has 2 aromatic rings. The van der Waals surface area contributed by atoms with Gasteiger partial charge in [-0.3, -0.25) is 4.72 Å². The van der Waals surface area contributed by atoms with Crippen molar-refractivity contribution in [2.75, 3.05) is 4.72 Å². The van der Waals surface area contributed by atoms with Crippen LogP contribution in [0.15, 0.2) is 21.7 Å². The Balaban J connectivity index is 2.56. The Hall–Kier alpha value is -1.68. The maximum absolute atomic E-state index is 13.3. The van der Waals surface area contributed by atoms with Gasteiger partial charge in [0.25, 0.3) is 10.0 Å². The van der Waals surface area contributed by atoms with Crippen molar-refractivity contribution >= 4 is 27.0 Å². The van der Waals surface area contributed by atoms with E-state index in [0.717, 1.165) is 6.07 Å². The molecule has 1 aromatic heterocycles. The molecule has 20 heavy (non-hydrogen) atoms. The maximum Gasteiger partial charge on any atom is 0.271 e. The number of halogens is 5. The zero-order valence-corrected chi connectivity index (χ0v) is 10.9. The fourth-order valence-corrected chi connectivity index (χ4v) is 3.35. The topological polar surface area (TPSA) is 46.2 Å². The van der Waals surface area contributed by atoms with Crippen molar-refractivity contribution in [2.45, 2.75) is 4.21 Å². The van der Waals surface area contributed by atoms with Crippen LogP contribution in [0.4, 0.5) is 27.6 Å². The first-order chi connectivity index (χ1) is 9.25. The molecule has 0 saturated heterocycles. The van der Waals surface area contributed by atoms with Crippen molar-refractivity contribution in [1.82, 2.24) is 0 Å². The Morgan fingerprint density at radius 1 is 0.900 bits per heavy atom. The minimum absolute atomic E-state index is 0.332. The molecule has 0 amide bonds. The summed E-state index contributed by atoms with van der Waals surface area (Å²) in [6.45, 7) is 0. The largest absolute Gasteiger partial charge is 0.273 e. The Bertz CT molecular complexity index is 729. The molecule has 10 heteroatoms. The second-order valence-electron chi connectivity index (χ2n) is 3.48. The molecule has 0 unspecified atom stereocenters. The predicted molar refractivity (Wildman–Crippen MR) is 61.4 cm³/mol. The first-order valence-electron chi connectivity index (χ1n) is 4.83. The van der Waals surface area contributed by atoms with E-state index in [2.05, 4.69) is 0 Å². The van der Waals surface area contributed by atoms with E-state index in [-0.39, 0.29) is 4.21 Å². The fraction of sp³-hybridized carbons (Fsp3) is 0. The zero-order valence-electron chi connectivity index (χ0n) is 9.25. The Morgan fingerprint density at radius 2 is 1.40 bits per heavy atom. The molecular weight excluding hydrogens is 325 g/mol. The van der Waals surface area contributed by atoms with Crippen LogP contribution in [0, 0.1) is 29.1 Å². The molecule has 0 aliphatic carbocycles. The third-order valence-corrected chi connectivity index (χ3v) is 4.95. The zero-order chi connectivity index (χ0) is 15.1. The number of rotatable bonds is 3. The molecule has 2 rings (SSSR count). The number of sulfonamides is 1. The predicted octanol–water partition coefficient (Wildman–Crippen LogP) is 3.24. The van der Waals surface area contributed by atoms with Gasteiger partial charge in [0.2, 0.25) is 5.82 Å². The Labute approximate surface area is 113 Å². The summed E-state index contributed by atoms with van der Waals surface area (Å²) in [5, 5.41) is 1.37. The highest BCUT2D eigenvalue weighted by molar-refractivity contribution is 7.94. The average molecular weight is 329 g/mol. The van der Waals surface area contributed by atoms with Crippen molar-refractivity contribution in [3.63, 3.8) is 0 Å². The highest BCUT2D eigenvalue weighted by Crippen LogP contribution is 2.29. The average Bonchev–Trinajstić information content (AvgIpc) is 2.94. The highest BCUT2D eigenvalue weighted by atomic mass is 32.2. The van der Waals surface area contributed by atoms with E-state index in [1.165, 1.54) is 16.2 Å². The van der Waals surface area contributed by atoms with Crippen molar-refractivity contribution in [2.24, 2.45) is 0 Å². The second kappa shape index (κ2) is 5.02. The first kappa shape index (κ1) is 14.7. The number of benzene rings is 1. The van der Waals surface area contributed by atoms with Gasteiger partial charge in [0, 0.05) is 0 Å².